The summed E-state index contributed by atoms with van der Waals surface area (Å²) in [6.45, 7) is 0.424. The van der Waals surface area contributed by atoms with Gasteiger partial charge in [0.1, 0.15) is 0 Å². The number of nitrogens with zero attached hydrogens (tertiary/aromatic N) is 1. The normalized spacial score (nSPS) is 10.9. The molecule has 1 rings (SSSR count). The summed E-state index contributed by atoms with van der Waals surface area (Å²) < 4.78 is 23.8. The van der Waals surface area contributed by atoms with E-state index in [9.17, 15) is 13.2 Å². The Morgan fingerprint density at radius 3 is 2.42 bits per heavy atom. The second kappa shape index (κ2) is 6.87. The fourth-order valence-electron chi connectivity index (χ4n) is 1.38. The number of hydrogen-bond acceptors (Lipinski definition) is 5. The molecule has 0 aliphatic rings. The third-order valence-electron chi connectivity index (χ3n) is 2.41. The Morgan fingerprint density at radius 1 is 1.26 bits per heavy atom. The van der Waals surface area contributed by atoms with Crippen molar-refractivity contribution in [3.63, 3.8) is 0 Å². The molecule has 0 unspecified atom stereocenters. The van der Waals surface area contributed by atoms with E-state index in [1.54, 1.807) is 0 Å². The van der Waals surface area contributed by atoms with Gasteiger partial charge < -0.3 is 10.4 Å². The summed E-state index contributed by atoms with van der Waals surface area (Å²) in [5.74, 6) is -1.04. The van der Waals surface area contributed by atoms with Gasteiger partial charge in [0.25, 0.3) is 0 Å². The quantitative estimate of drug-likeness (QED) is 0.701. The third-order valence-corrected chi connectivity index (χ3v) is 4.14. The van der Waals surface area contributed by atoms with Crippen molar-refractivity contribution >= 4 is 15.8 Å². The van der Waals surface area contributed by atoms with Crippen molar-refractivity contribution in [3.05, 3.63) is 29.8 Å². The molecule has 1 aromatic carbocycles. The molecule has 6 nitrogen and oxygen atoms in total. The zero-order valence-corrected chi connectivity index (χ0v) is 11.0. The molecule has 0 aliphatic carbocycles. The second-order valence-corrected chi connectivity index (χ2v) is 5.96. The Balaban J connectivity index is 2.51. The maximum atomic E-state index is 11.9. The van der Waals surface area contributed by atoms with E-state index in [2.05, 4.69) is 5.32 Å². The van der Waals surface area contributed by atoms with Gasteiger partial charge in [-0.25, -0.2) is 8.42 Å². The van der Waals surface area contributed by atoms with Gasteiger partial charge in [0.2, 0.25) is 0 Å². The van der Waals surface area contributed by atoms with Gasteiger partial charge >= 0.3 is 5.97 Å². The molecule has 19 heavy (non-hydrogen) atoms. The second-order valence-electron chi connectivity index (χ2n) is 3.85. The van der Waals surface area contributed by atoms with E-state index in [4.69, 9.17) is 10.4 Å². The highest BCUT2D eigenvalue weighted by atomic mass is 32.2. The monoisotopic (exact) mass is 282 g/mol. The third kappa shape index (κ3) is 5.07. The predicted octanol–water partition coefficient (Wildman–Crippen LogP) is 0.396. The number of rotatable bonds is 7. The number of nitriles is 1. The van der Waals surface area contributed by atoms with E-state index in [1.165, 1.54) is 24.3 Å². The van der Waals surface area contributed by atoms with Gasteiger partial charge in [-0.1, -0.05) is 0 Å². The predicted molar refractivity (Wildman–Crippen MR) is 68.3 cm³/mol. The molecular weight excluding hydrogens is 268 g/mol. The first-order valence-electron chi connectivity index (χ1n) is 5.61. The molecule has 7 heteroatoms. The fraction of sp³-hybridized carbons (Fsp3) is 0.333. The Bertz CT molecular complexity index is 573. The lowest BCUT2D eigenvalue weighted by molar-refractivity contribution is -0.136. The number of carboxylic acids is 1. The zero-order valence-electron chi connectivity index (χ0n) is 10.2. The summed E-state index contributed by atoms with van der Waals surface area (Å²) in [6, 6.07) is 7.60. The summed E-state index contributed by atoms with van der Waals surface area (Å²) in [4.78, 5) is 10.4. The van der Waals surface area contributed by atoms with E-state index >= 15 is 0 Å². The van der Waals surface area contributed by atoms with Gasteiger partial charge in [0.05, 0.1) is 28.7 Å². The molecule has 0 amide bonds. The Hall–Kier alpha value is -1.91. The van der Waals surface area contributed by atoms with Crippen LogP contribution in [-0.4, -0.2) is 38.3 Å². The summed E-state index contributed by atoms with van der Waals surface area (Å²) in [5, 5.41) is 19.8. The Morgan fingerprint density at radius 2 is 1.89 bits per heavy atom. The molecule has 0 fully saturated rings. The van der Waals surface area contributed by atoms with Gasteiger partial charge in [0.15, 0.2) is 9.84 Å². The molecule has 2 N–H and O–H groups in total. The molecule has 102 valence electrons. The van der Waals surface area contributed by atoms with Crippen molar-refractivity contribution in [2.75, 3.05) is 18.8 Å². The minimum atomic E-state index is -3.41. The van der Waals surface area contributed by atoms with Gasteiger partial charge in [0, 0.05) is 13.1 Å². The lowest BCUT2D eigenvalue weighted by atomic mass is 10.2. The number of hydrogen-bond donors (Lipinski definition) is 2. The number of sulfone groups is 1. The molecule has 0 atom stereocenters. The lowest BCUT2D eigenvalue weighted by Crippen LogP contribution is -2.25. The number of benzene rings is 1. The van der Waals surface area contributed by atoms with E-state index in [0.29, 0.717) is 5.56 Å². The van der Waals surface area contributed by atoms with E-state index in [1.807, 2.05) is 6.07 Å². The van der Waals surface area contributed by atoms with Crippen LogP contribution in [0.2, 0.25) is 0 Å². The highest BCUT2D eigenvalue weighted by Gasteiger charge is 2.13. The number of aliphatic carboxylic acids is 1. The van der Waals surface area contributed by atoms with Crippen LogP contribution >= 0.6 is 0 Å². The van der Waals surface area contributed by atoms with Crippen LogP contribution < -0.4 is 5.32 Å². The standard InChI is InChI=1S/C12H14N2O4S/c13-9-10-1-3-11(4-2-10)19(17,18)8-7-14-6-5-12(15)16/h1-4,14H,5-8H2,(H,15,16). The van der Waals surface area contributed by atoms with E-state index in [-0.39, 0.29) is 30.2 Å². The minimum Gasteiger partial charge on any atom is -0.481 e. The fourth-order valence-corrected chi connectivity index (χ4v) is 2.58. The first-order chi connectivity index (χ1) is 8.95. The largest absolute Gasteiger partial charge is 0.481 e. The van der Waals surface area contributed by atoms with Gasteiger partial charge in [-0.3, -0.25) is 4.79 Å². The topological polar surface area (TPSA) is 107 Å². The molecule has 0 heterocycles. The summed E-state index contributed by atoms with van der Waals surface area (Å²) >= 11 is 0. The molecule has 1 aromatic rings. The molecule has 0 aliphatic heterocycles. The molecular formula is C12H14N2O4S. The lowest BCUT2D eigenvalue weighted by Gasteiger charge is -2.05. The highest BCUT2D eigenvalue weighted by Crippen LogP contribution is 2.11. The highest BCUT2D eigenvalue weighted by molar-refractivity contribution is 7.91. The number of nitrogens with one attached hydrogen (secondary N) is 1. The van der Waals surface area contributed by atoms with Crippen LogP contribution in [0.5, 0.6) is 0 Å². The summed E-state index contributed by atoms with van der Waals surface area (Å²) in [6.07, 6.45) is -0.0447. The first-order valence-corrected chi connectivity index (χ1v) is 7.26. The summed E-state index contributed by atoms with van der Waals surface area (Å²) in [5.41, 5.74) is 0.401. The SMILES string of the molecule is N#Cc1ccc(S(=O)(=O)CCNCCC(=O)O)cc1. The maximum Gasteiger partial charge on any atom is 0.304 e. The minimum absolute atomic E-state index is 0.0447. The number of carbonyl (C=O) groups is 1. The van der Waals surface area contributed by atoms with Gasteiger partial charge in [-0.2, -0.15) is 5.26 Å². The molecule has 0 aromatic heterocycles. The van der Waals surface area contributed by atoms with Crippen LogP contribution in [0.15, 0.2) is 29.2 Å². The molecule has 0 saturated heterocycles. The van der Waals surface area contributed by atoms with Crippen molar-refractivity contribution < 1.29 is 18.3 Å². The smallest absolute Gasteiger partial charge is 0.304 e. The van der Waals surface area contributed by atoms with Crippen LogP contribution in [0.3, 0.4) is 0 Å². The van der Waals surface area contributed by atoms with Crippen molar-refractivity contribution in [2.45, 2.75) is 11.3 Å². The van der Waals surface area contributed by atoms with E-state index in [0.717, 1.165) is 0 Å². The van der Waals surface area contributed by atoms with Crippen molar-refractivity contribution in [1.29, 1.82) is 5.26 Å². The molecule has 0 spiro atoms. The Kier molecular flexibility index (Phi) is 5.48. The molecule has 0 radical (unpaired) electrons. The maximum absolute atomic E-state index is 11.9. The van der Waals surface area contributed by atoms with Crippen LogP contribution in [0.1, 0.15) is 12.0 Å². The van der Waals surface area contributed by atoms with Crippen molar-refractivity contribution in [3.8, 4) is 6.07 Å². The van der Waals surface area contributed by atoms with Crippen LogP contribution in [0.25, 0.3) is 0 Å². The van der Waals surface area contributed by atoms with E-state index < -0.39 is 15.8 Å². The first kappa shape index (κ1) is 15.1. The van der Waals surface area contributed by atoms with Crippen LogP contribution in [0.4, 0.5) is 0 Å². The Labute approximate surface area is 111 Å². The average Bonchev–Trinajstić information content (AvgIpc) is 2.38. The number of carboxylic acid groups (broad SMARTS) is 1. The van der Waals surface area contributed by atoms with Gasteiger partial charge in [-0.15, -0.1) is 0 Å². The van der Waals surface area contributed by atoms with Gasteiger partial charge in [-0.05, 0) is 24.3 Å². The molecule has 0 bridgehead atoms. The summed E-state index contributed by atoms with van der Waals surface area (Å²) in [7, 11) is -3.41. The zero-order chi connectivity index (χ0) is 14.3. The molecule has 0 saturated carbocycles. The van der Waals surface area contributed by atoms with Crippen LogP contribution in [-0.2, 0) is 14.6 Å². The average molecular weight is 282 g/mol. The van der Waals surface area contributed by atoms with Crippen molar-refractivity contribution in [2.24, 2.45) is 0 Å². The van der Waals surface area contributed by atoms with Crippen molar-refractivity contribution in [1.82, 2.24) is 5.32 Å². The van der Waals surface area contributed by atoms with Crippen LogP contribution in [0, 0.1) is 11.3 Å².